The Balaban J connectivity index is 1.24. The fourth-order valence-electron chi connectivity index (χ4n) is 5.53. The van der Waals surface area contributed by atoms with E-state index in [0.717, 1.165) is 43.8 Å². The highest BCUT2D eigenvalue weighted by Crippen LogP contribution is 2.31. The van der Waals surface area contributed by atoms with Crippen LogP contribution in [0.1, 0.15) is 48.4 Å². The number of amides is 1. The first-order valence-corrected chi connectivity index (χ1v) is 12.7. The molecule has 0 aromatic carbocycles. The third-order valence-electron chi connectivity index (χ3n) is 7.32. The molecule has 1 amide bonds. The molecular weight excluding hydrogens is 497 g/mol. The number of anilines is 1. The van der Waals surface area contributed by atoms with E-state index in [-0.39, 0.29) is 23.8 Å². The fourth-order valence-corrected chi connectivity index (χ4v) is 5.53. The van der Waals surface area contributed by atoms with Gasteiger partial charge in [0.15, 0.2) is 11.5 Å². The van der Waals surface area contributed by atoms with Crippen LogP contribution >= 0.6 is 0 Å². The number of alkyl halides is 3. The van der Waals surface area contributed by atoms with Gasteiger partial charge in [-0.2, -0.15) is 18.3 Å². The number of fused-ring (bicyclic) bond motifs is 2. The van der Waals surface area contributed by atoms with E-state index in [9.17, 15) is 18.0 Å². The van der Waals surface area contributed by atoms with Gasteiger partial charge in [0.05, 0.1) is 11.8 Å². The predicted octanol–water partition coefficient (Wildman–Crippen LogP) is 4.08. The maximum Gasteiger partial charge on any atom is 0.417 e. The van der Waals surface area contributed by atoms with E-state index in [4.69, 9.17) is 0 Å². The molecule has 2 aliphatic heterocycles. The summed E-state index contributed by atoms with van der Waals surface area (Å²) in [4.78, 5) is 30.6. The number of aryl methyl sites for hydroxylation is 2. The largest absolute Gasteiger partial charge is 0.417 e. The Morgan fingerprint density at radius 1 is 1.05 bits per heavy atom. The molecule has 0 N–H and O–H groups in total. The number of hydrogen-bond donors (Lipinski definition) is 0. The summed E-state index contributed by atoms with van der Waals surface area (Å²) in [7, 11) is 0. The van der Waals surface area contributed by atoms with Crippen molar-refractivity contribution in [2.75, 3.05) is 18.0 Å². The molecule has 12 heteroatoms. The quantitative estimate of drug-likeness (QED) is 0.402. The summed E-state index contributed by atoms with van der Waals surface area (Å²) in [6, 6.07) is 5.82. The normalized spacial score (nSPS) is 20.1. The van der Waals surface area contributed by atoms with E-state index >= 15 is 0 Å². The van der Waals surface area contributed by atoms with Crippen LogP contribution in [0.15, 0.2) is 42.9 Å². The molecule has 0 aliphatic carbocycles. The lowest BCUT2D eigenvalue weighted by atomic mass is 10.1. The molecule has 38 heavy (non-hydrogen) atoms. The monoisotopic (exact) mass is 524 g/mol. The number of nitrogens with zero attached hydrogens (tertiary/aromatic N) is 8. The van der Waals surface area contributed by atoms with E-state index in [1.165, 1.54) is 16.7 Å². The van der Waals surface area contributed by atoms with Gasteiger partial charge in [-0.25, -0.2) is 15.0 Å². The first-order valence-electron chi connectivity index (χ1n) is 12.7. The first kappa shape index (κ1) is 24.4. The highest BCUT2D eigenvalue weighted by atomic mass is 19.4. The van der Waals surface area contributed by atoms with Crippen LogP contribution in [0.3, 0.4) is 0 Å². The minimum Gasteiger partial charge on any atom is -0.352 e. The Morgan fingerprint density at radius 3 is 2.58 bits per heavy atom. The van der Waals surface area contributed by atoms with Gasteiger partial charge in [-0.15, -0.1) is 0 Å². The van der Waals surface area contributed by atoms with Gasteiger partial charge >= 0.3 is 6.18 Å². The van der Waals surface area contributed by atoms with E-state index in [2.05, 4.69) is 25.0 Å². The summed E-state index contributed by atoms with van der Waals surface area (Å²) in [5.74, 6) is 0.845. The van der Waals surface area contributed by atoms with Crippen molar-refractivity contribution in [2.45, 2.75) is 57.9 Å². The van der Waals surface area contributed by atoms with Crippen LogP contribution in [0.4, 0.5) is 19.0 Å². The van der Waals surface area contributed by atoms with Gasteiger partial charge in [-0.1, -0.05) is 0 Å². The first-order chi connectivity index (χ1) is 18.2. The molecule has 198 valence electrons. The van der Waals surface area contributed by atoms with Crippen molar-refractivity contribution in [3.63, 3.8) is 0 Å². The third kappa shape index (κ3) is 4.27. The number of hydrogen-bond acceptors (Lipinski definition) is 6. The molecule has 0 spiro atoms. The van der Waals surface area contributed by atoms with Crippen molar-refractivity contribution >= 4 is 17.4 Å². The molecule has 2 atom stereocenters. The van der Waals surface area contributed by atoms with Gasteiger partial charge in [0.1, 0.15) is 17.2 Å². The maximum atomic E-state index is 13.4. The van der Waals surface area contributed by atoms with Crippen LogP contribution < -0.4 is 4.90 Å². The van der Waals surface area contributed by atoms with Gasteiger partial charge in [0, 0.05) is 49.8 Å². The van der Waals surface area contributed by atoms with E-state index in [1.54, 1.807) is 12.3 Å². The lowest BCUT2D eigenvalue weighted by molar-refractivity contribution is -0.137. The Labute approximate surface area is 216 Å². The topological polar surface area (TPSA) is 84.5 Å². The van der Waals surface area contributed by atoms with E-state index in [0.29, 0.717) is 35.9 Å². The highest BCUT2D eigenvalue weighted by molar-refractivity contribution is 5.93. The average Bonchev–Trinajstić information content (AvgIpc) is 3.52. The summed E-state index contributed by atoms with van der Waals surface area (Å²) in [5, 5.41) is 4.57. The molecule has 0 saturated carbocycles. The number of imidazole rings is 1. The van der Waals surface area contributed by atoms with Crippen LogP contribution in [0.5, 0.6) is 0 Å². The zero-order valence-corrected chi connectivity index (χ0v) is 21.1. The third-order valence-corrected chi connectivity index (χ3v) is 7.32. The second kappa shape index (κ2) is 9.10. The smallest absolute Gasteiger partial charge is 0.352 e. The fraction of sp³-hybridized carbons (Fsp3) is 0.423. The Hall–Kier alpha value is -3.96. The van der Waals surface area contributed by atoms with Gasteiger partial charge in [0.25, 0.3) is 5.91 Å². The molecule has 0 radical (unpaired) electrons. The summed E-state index contributed by atoms with van der Waals surface area (Å²) >= 11 is 0. The summed E-state index contributed by atoms with van der Waals surface area (Å²) in [5.41, 5.74) is 1.57. The number of carbonyl (C=O) groups is 1. The molecule has 0 bridgehead atoms. The number of carbonyl (C=O) groups excluding carboxylic acids is 1. The van der Waals surface area contributed by atoms with Crippen LogP contribution in [-0.2, 0) is 19.1 Å². The maximum absolute atomic E-state index is 13.4. The minimum atomic E-state index is -4.47. The van der Waals surface area contributed by atoms with Crippen molar-refractivity contribution in [1.82, 2.24) is 34.0 Å². The lowest BCUT2D eigenvalue weighted by Gasteiger charge is -2.44. The van der Waals surface area contributed by atoms with Gasteiger partial charge in [0.2, 0.25) is 0 Å². The number of rotatable bonds is 3. The molecule has 4 aromatic rings. The Morgan fingerprint density at radius 2 is 1.84 bits per heavy atom. The molecule has 1 fully saturated rings. The van der Waals surface area contributed by atoms with Crippen LogP contribution in [0.2, 0.25) is 0 Å². The molecule has 9 nitrogen and oxygen atoms in total. The molecule has 0 unspecified atom stereocenters. The minimum absolute atomic E-state index is 0.0684. The SMILES string of the molecule is C[C@@H]1CN(c2ccnc(-c3cnc4ccc(C(F)(F)F)cn34)n2)C[C@H](C)N1C(=O)c1cc2n(n1)CCCC2. The summed E-state index contributed by atoms with van der Waals surface area (Å²) in [6.45, 7) is 5.95. The molecule has 2 aliphatic rings. The van der Waals surface area contributed by atoms with Crippen molar-refractivity contribution in [3.05, 3.63) is 59.8 Å². The van der Waals surface area contributed by atoms with Crippen LogP contribution in [0.25, 0.3) is 17.2 Å². The Bertz CT molecular complexity index is 1470. The molecule has 4 aromatic heterocycles. The molecule has 6 heterocycles. The average molecular weight is 525 g/mol. The molecular formula is C26H27F3N8O. The predicted molar refractivity (Wildman–Crippen MR) is 134 cm³/mol. The second-order valence-electron chi connectivity index (χ2n) is 10.0. The Kier molecular flexibility index (Phi) is 5.84. The zero-order valence-electron chi connectivity index (χ0n) is 21.1. The van der Waals surface area contributed by atoms with Gasteiger partial charge in [-0.3, -0.25) is 13.9 Å². The number of pyridine rings is 1. The van der Waals surface area contributed by atoms with Crippen LogP contribution in [-0.4, -0.2) is 65.1 Å². The number of piperazine rings is 1. The van der Waals surface area contributed by atoms with Crippen molar-refractivity contribution < 1.29 is 18.0 Å². The summed E-state index contributed by atoms with van der Waals surface area (Å²) in [6.07, 6.45) is 2.73. The standard InChI is InChI=1S/C26H27F3N8O/c1-16-13-34(14-17(2)37(16)25(38)20-11-19-5-3-4-10-36(19)33-20)23-8-9-30-24(32-23)21-12-31-22-7-6-18(15-35(21)22)26(27,28)29/h6-9,11-12,15-17H,3-5,10,13-14H2,1-2H3/t16-,17+. The number of aromatic nitrogens is 6. The molecule has 1 saturated heterocycles. The van der Waals surface area contributed by atoms with Crippen LogP contribution in [0, 0.1) is 0 Å². The van der Waals surface area contributed by atoms with Crippen molar-refractivity contribution in [2.24, 2.45) is 0 Å². The van der Waals surface area contributed by atoms with Gasteiger partial charge in [-0.05, 0) is 57.4 Å². The lowest BCUT2D eigenvalue weighted by Crippen LogP contribution is -2.59. The van der Waals surface area contributed by atoms with E-state index in [1.807, 2.05) is 29.5 Å². The zero-order chi connectivity index (χ0) is 26.6. The van der Waals surface area contributed by atoms with E-state index < -0.39 is 11.7 Å². The second-order valence-corrected chi connectivity index (χ2v) is 10.0. The van der Waals surface area contributed by atoms with Crippen molar-refractivity contribution in [3.8, 4) is 11.5 Å². The highest BCUT2D eigenvalue weighted by Gasteiger charge is 2.36. The molecule has 6 rings (SSSR count). The number of halogens is 3. The van der Waals surface area contributed by atoms with Gasteiger partial charge < -0.3 is 9.80 Å². The summed E-state index contributed by atoms with van der Waals surface area (Å²) < 4.78 is 43.2. The van der Waals surface area contributed by atoms with Crippen molar-refractivity contribution in [1.29, 1.82) is 0 Å².